The Bertz CT molecular complexity index is 681. The molecule has 5 atom stereocenters. The molecule has 2 bridgehead atoms. The lowest BCUT2D eigenvalue weighted by atomic mass is 9.73. The average Bonchev–Trinajstić information content (AvgIpc) is 3.31. The molecule has 0 aromatic rings. The minimum Gasteiger partial charge on any atom is -0.458 e. The molecule has 3 saturated carbocycles. The Morgan fingerprint density at radius 1 is 1.21 bits per heavy atom. The normalized spacial score (nSPS) is 36.2. The van der Waals surface area contributed by atoms with Crippen molar-refractivity contribution in [1.29, 1.82) is 0 Å². The fourth-order valence-electron chi connectivity index (χ4n) is 5.40. The standard InChI is InChI=1S/C22H32O7/c1-4-21(2,3)18(23)28-16-13-10-15-17(16)29-20(25)22(15,11-13)19(24)27-12-26-14-8-6-5-7-9-14/h13-17H,4-12H2,1-3H3. The van der Waals surface area contributed by atoms with Gasteiger partial charge < -0.3 is 18.9 Å². The molecule has 0 amide bonds. The monoisotopic (exact) mass is 408 g/mol. The van der Waals surface area contributed by atoms with E-state index < -0.39 is 35.0 Å². The molecule has 1 aliphatic heterocycles. The van der Waals surface area contributed by atoms with Gasteiger partial charge in [-0.25, -0.2) is 0 Å². The lowest BCUT2D eigenvalue weighted by Gasteiger charge is -2.32. The van der Waals surface area contributed by atoms with Crippen molar-refractivity contribution in [3.63, 3.8) is 0 Å². The molecule has 3 aliphatic carbocycles. The van der Waals surface area contributed by atoms with Gasteiger partial charge >= 0.3 is 17.9 Å². The van der Waals surface area contributed by atoms with E-state index in [4.69, 9.17) is 18.9 Å². The number of esters is 3. The number of ether oxygens (including phenoxy) is 4. The van der Waals surface area contributed by atoms with Crippen LogP contribution in [0.4, 0.5) is 0 Å². The van der Waals surface area contributed by atoms with Gasteiger partial charge in [-0.05, 0) is 46.0 Å². The first kappa shape index (κ1) is 20.6. The zero-order valence-corrected chi connectivity index (χ0v) is 17.6. The van der Waals surface area contributed by atoms with Gasteiger partial charge in [0, 0.05) is 11.8 Å². The van der Waals surface area contributed by atoms with Crippen LogP contribution in [-0.4, -0.2) is 43.0 Å². The predicted octanol–water partition coefficient (Wildman–Crippen LogP) is 3.14. The highest BCUT2D eigenvalue weighted by Gasteiger charge is 2.75. The third-order valence-electron chi connectivity index (χ3n) is 7.66. The first-order valence-corrected chi connectivity index (χ1v) is 11.0. The van der Waals surface area contributed by atoms with Crippen molar-refractivity contribution in [1.82, 2.24) is 0 Å². The Hall–Kier alpha value is -1.63. The summed E-state index contributed by atoms with van der Waals surface area (Å²) in [6, 6.07) is 0. The van der Waals surface area contributed by atoms with E-state index in [1.165, 1.54) is 6.42 Å². The van der Waals surface area contributed by atoms with Crippen molar-refractivity contribution in [2.24, 2.45) is 22.7 Å². The van der Waals surface area contributed by atoms with Crippen molar-refractivity contribution < 1.29 is 33.3 Å². The van der Waals surface area contributed by atoms with Crippen LogP contribution in [0.5, 0.6) is 0 Å². The molecular weight excluding hydrogens is 376 g/mol. The molecule has 0 spiro atoms. The molecule has 5 unspecified atom stereocenters. The summed E-state index contributed by atoms with van der Waals surface area (Å²) in [6.07, 6.45) is 6.19. The van der Waals surface area contributed by atoms with E-state index in [0.717, 1.165) is 25.7 Å². The molecule has 0 aromatic carbocycles. The topological polar surface area (TPSA) is 88.1 Å². The lowest BCUT2D eigenvalue weighted by molar-refractivity contribution is -0.179. The van der Waals surface area contributed by atoms with Crippen LogP contribution >= 0.6 is 0 Å². The summed E-state index contributed by atoms with van der Waals surface area (Å²) in [7, 11) is 0. The smallest absolute Gasteiger partial charge is 0.326 e. The van der Waals surface area contributed by atoms with Crippen LogP contribution in [0.1, 0.15) is 72.1 Å². The van der Waals surface area contributed by atoms with Gasteiger partial charge in [-0.3, -0.25) is 14.4 Å². The first-order chi connectivity index (χ1) is 13.8. The van der Waals surface area contributed by atoms with E-state index >= 15 is 0 Å². The molecule has 0 N–H and O–H groups in total. The van der Waals surface area contributed by atoms with E-state index in [9.17, 15) is 14.4 Å². The molecule has 4 rings (SSSR count). The van der Waals surface area contributed by atoms with Crippen molar-refractivity contribution >= 4 is 17.9 Å². The summed E-state index contributed by atoms with van der Waals surface area (Å²) in [5, 5.41) is 0. The summed E-state index contributed by atoms with van der Waals surface area (Å²) in [6.45, 7) is 5.51. The molecule has 29 heavy (non-hydrogen) atoms. The minimum absolute atomic E-state index is 0.0557. The van der Waals surface area contributed by atoms with Crippen LogP contribution in [0.25, 0.3) is 0 Å². The molecule has 0 radical (unpaired) electrons. The van der Waals surface area contributed by atoms with Crippen LogP contribution in [-0.2, 0) is 33.3 Å². The minimum atomic E-state index is -1.26. The quantitative estimate of drug-likeness (QED) is 0.277. The molecule has 0 aromatic heterocycles. The zero-order chi connectivity index (χ0) is 20.8. The van der Waals surface area contributed by atoms with Crippen LogP contribution < -0.4 is 0 Å². The van der Waals surface area contributed by atoms with Gasteiger partial charge in [-0.1, -0.05) is 26.2 Å². The fourth-order valence-corrected chi connectivity index (χ4v) is 5.40. The van der Waals surface area contributed by atoms with E-state index in [-0.39, 0.29) is 30.7 Å². The summed E-state index contributed by atoms with van der Waals surface area (Å²) in [5.74, 6) is -1.71. The Balaban J connectivity index is 1.38. The van der Waals surface area contributed by atoms with Crippen molar-refractivity contribution in [2.75, 3.05) is 6.79 Å². The highest BCUT2D eigenvalue weighted by atomic mass is 16.7. The van der Waals surface area contributed by atoms with Crippen LogP contribution in [0.15, 0.2) is 0 Å². The molecular formula is C22H32O7. The van der Waals surface area contributed by atoms with Crippen molar-refractivity contribution in [2.45, 2.75) is 90.4 Å². The van der Waals surface area contributed by atoms with Crippen LogP contribution in [0.2, 0.25) is 0 Å². The summed E-state index contributed by atoms with van der Waals surface area (Å²) >= 11 is 0. The second-order valence-corrected chi connectivity index (χ2v) is 9.73. The van der Waals surface area contributed by atoms with Gasteiger partial charge in [0.1, 0.15) is 12.2 Å². The third kappa shape index (κ3) is 3.35. The molecule has 1 saturated heterocycles. The largest absolute Gasteiger partial charge is 0.458 e. The maximum Gasteiger partial charge on any atom is 0.326 e. The summed E-state index contributed by atoms with van der Waals surface area (Å²) in [4.78, 5) is 38.1. The molecule has 4 aliphatic rings. The van der Waals surface area contributed by atoms with E-state index in [1.807, 2.05) is 20.8 Å². The Morgan fingerprint density at radius 3 is 2.62 bits per heavy atom. The predicted molar refractivity (Wildman–Crippen MR) is 101 cm³/mol. The van der Waals surface area contributed by atoms with Crippen molar-refractivity contribution in [3.05, 3.63) is 0 Å². The second kappa shape index (κ2) is 7.56. The Labute approximate surface area is 171 Å². The Kier molecular flexibility index (Phi) is 5.38. The van der Waals surface area contributed by atoms with Gasteiger partial charge in [0.2, 0.25) is 0 Å². The molecule has 4 fully saturated rings. The maximum atomic E-state index is 12.9. The fraction of sp³-hybridized carbons (Fsp3) is 0.864. The van der Waals surface area contributed by atoms with Crippen LogP contribution in [0, 0.1) is 22.7 Å². The SMILES string of the molecule is CCC(C)(C)C(=O)OC1C2CC3C1OC(=O)C3(C(=O)OCOC1CCCCC1)C2. The lowest BCUT2D eigenvalue weighted by Crippen LogP contribution is -2.46. The van der Waals surface area contributed by atoms with Crippen LogP contribution in [0.3, 0.4) is 0 Å². The maximum absolute atomic E-state index is 12.9. The number of carbonyl (C=O) groups is 3. The van der Waals surface area contributed by atoms with Gasteiger partial charge in [0.15, 0.2) is 12.2 Å². The average molecular weight is 408 g/mol. The highest BCUT2D eigenvalue weighted by Crippen LogP contribution is 2.63. The number of hydrogen-bond acceptors (Lipinski definition) is 7. The highest BCUT2D eigenvalue weighted by molar-refractivity contribution is 6.03. The molecule has 7 heteroatoms. The van der Waals surface area contributed by atoms with E-state index in [0.29, 0.717) is 19.3 Å². The number of rotatable bonds is 7. The summed E-state index contributed by atoms with van der Waals surface area (Å²) in [5.41, 5.74) is -1.84. The van der Waals surface area contributed by atoms with Gasteiger partial charge in [0.05, 0.1) is 11.5 Å². The van der Waals surface area contributed by atoms with Gasteiger partial charge in [-0.15, -0.1) is 0 Å². The zero-order valence-electron chi connectivity index (χ0n) is 17.6. The third-order valence-corrected chi connectivity index (χ3v) is 7.66. The first-order valence-electron chi connectivity index (χ1n) is 11.0. The van der Waals surface area contributed by atoms with Gasteiger partial charge in [0.25, 0.3) is 0 Å². The van der Waals surface area contributed by atoms with Crippen molar-refractivity contribution in [3.8, 4) is 0 Å². The number of fused-ring (bicyclic) bond motifs is 1. The molecule has 1 heterocycles. The molecule has 162 valence electrons. The molecule has 7 nitrogen and oxygen atoms in total. The number of hydrogen-bond donors (Lipinski definition) is 0. The van der Waals surface area contributed by atoms with E-state index in [1.54, 1.807) is 0 Å². The summed E-state index contributed by atoms with van der Waals surface area (Å²) < 4.78 is 22.4. The van der Waals surface area contributed by atoms with Gasteiger partial charge in [-0.2, -0.15) is 0 Å². The second-order valence-electron chi connectivity index (χ2n) is 9.73. The Morgan fingerprint density at radius 2 is 1.93 bits per heavy atom. The van der Waals surface area contributed by atoms with E-state index in [2.05, 4.69) is 0 Å². The number of carbonyl (C=O) groups excluding carboxylic acids is 3.